The van der Waals surface area contributed by atoms with E-state index < -0.39 is 0 Å². The van der Waals surface area contributed by atoms with E-state index in [1.807, 2.05) is 18.2 Å². The zero-order chi connectivity index (χ0) is 17.2. The van der Waals surface area contributed by atoms with Crippen LogP contribution in [0.3, 0.4) is 0 Å². The monoisotopic (exact) mass is 335 g/mol. The summed E-state index contributed by atoms with van der Waals surface area (Å²) >= 11 is 0. The van der Waals surface area contributed by atoms with Crippen molar-refractivity contribution in [3.63, 3.8) is 0 Å². The molecular weight excluding hydrogens is 318 g/mol. The van der Waals surface area contributed by atoms with E-state index >= 15 is 0 Å². The summed E-state index contributed by atoms with van der Waals surface area (Å²) in [6.45, 7) is 2.49. The average Bonchev–Trinajstić information content (AvgIpc) is 3.05. The van der Waals surface area contributed by atoms with Gasteiger partial charge < -0.3 is 14.7 Å². The van der Waals surface area contributed by atoms with Crippen LogP contribution >= 0.6 is 0 Å². The van der Waals surface area contributed by atoms with Gasteiger partial charge in [-0.05, 0) is 31.4 Å². The minimum atomic E-state index is -0.131. The molecule has 0 spiro atoms. The Morgan fingerprint density at radius 3 is 2.92 bits per heavy atom. The van der Waals surface area contributed by atoms with Gasteiger partial charge in [-0.15, -0.1) is 0 Å². The largest absolute Gasteiger partial charge is 0.360 e. The number of rotatable bonds is 3. The molecule has 0 bridgehead atoms. The van der Waals surface area contributed by atoms with Crippen molar-refractivity contribution in [2.24, 2.45) is 0 Å². The third-order valence-electron chi connectivity index (χ3n) is 4.13. The van der Waals surface area contributed by atoms with Gasteiger partial charge in [0.05, 0.1) is 0 Å². The first-order valence-corrected chi connectivity index (χ1v) is 8.13. The molecular formula is C18H17N5O2. The lowest BCUT2D eigenvalue weighted by Crippen LogP contribution is -2.36. The molecule has 4 rings (SSSR count). The molecule has 0 radical (unpaired) electrons. The Bertz CT molecular complexity index is 921. The number of carbonyl (C=O) groups is 1. The summed E-state index contributed by atoms with van der Waals surface area (Å²) in [5.74, 6) is 1.60. The maximum absolute atomic E-state index is 12.9. The third-order valence-corrected chi connectivity index (χ3v) is 4.13. The smallest absolute Gasteiger partial charge is 0.277 e. The summed E-state index contributed by atoms with van der Waals surface area (Å²) in [6, 6.07) is 11.4. The van der Waals surface area contributed by atoms with E-state index in [-0.39, 0.29) is 5.91 Å². The molecule has 1 amide bonds. The molecule has 2 aromatic heterocycles. The predicted octanol–water partition coefficient (Wildman–Crippen LogP) is 3.11. The molecule has 3 aromatic rings. The number of anilines is 3. The van der Waals surface area contributed by atoms with Crippen LogP contribution in [0, 0.1) is 6.92 Å². The second-order valence-corrected chi connectivity index (χ2v) is 5.93. The standard InChI is InChI=1S/C18H17N5O2/c1-12-9-17(22-25-12)21-16-10-14(19-11-20-16)18(24)23-8-4-6-13-5-2-3-7-15(13)23/h2-3,5,7,9-11H,4,6,8H2,1H3,(H,19,20,21,22). The summed E-state index contributed by atoms with van der Waals surface area (Å²) in [5.41, 5.74) is 2.49. The second kappa shape index (κ2) is 6.35. The van der Waals surface area contributed by atoms with Gasteiger partial charge in [-0.3, -0.25) is 4.79 Å². The third kappa shape index (κ3) is 3.08. The van der Waals surface area contributed by atoms with E-state index in [0.717, 1.165) is 18.5 Å². The quantitative estimate of drug-likeness (QED) is 0.792. The van der Waals surface area contributed by atoms with Gasteiger partial charge in [-0.1, -0.05) is 23.4 Å². The Hall–Kier alpha value is -3.22. The number of benzene rings is 1. The molecule has 0 atom stereocenters. The van der Waals surface area contributed by atoms with Crippen LogP contribution in [0.15, 0.2) is 47.2 Å². The van der Waals surface area contributed by atoms with Gasteiger partial charge in [0.15, 0.2) is 5.82 Å². The van der Waals surface area contributed by atoms with E-state index in [0.29, 0.717) is 29.6 Å². The summed E-state index contributed by atoms with van der Waals surface area (Å²) in [4.78, 5) is 23.0. The lowest BCUT2D eigenvalue weighted by molar-refractivity contribution is 0.0980. The normalized spacial score (nSPS) is 13.4. The molecule has 25 heavy (non-hydrogen) atoms. The molecule has 3 heterocycles. The van der Waals surface area contributed by atoms with Crippen LogP contribution in [-0.4, -0.2) is 27.6 Å². The highest BCUT2D eigenvalue weighted by molar-refractivity contribution is 6.05. The fraction of sp³-hybridized carbons (Fsp3) is 0.222. The van der Waals surface area contributed by atoms with Crippen LogP contribution in [-0.2, 0) is 6.42 Å². The van der Waals surface area contributed by atoms with Gasteiger partial charge in [0, 0.05) is 24.4 Å². The number of hydrogen-bond acceptors (Lipinski definition) is 6. The Morgan fingerprint density at radius 2 is 2.08 bits per heavy atom. The zero-order valence-electron chi connectivity index (χ0n) is 13.8. The van der Waals surface area contributed by atoms with Crippen molar-refractivity contribution in [3.05, 3.63) is 59.7 Å². The Kier molecular flexibility index (Phi) is 3.89. The number of aromatic nitrogens is 3. The maximum atomic E-state index is 12.9. The predicted molar refractivity (Wildman–Crippen MR) is 93.0 cm³/mol. The van der Waals surface area contributed by atoms with Crippen molar-refractivity contribution in [2.75, 3.05) is 16.8 Å². The van der Waals surface area contributed by atoms with Crippen molar-refractivity contribution < 1.29 is 9.32 Å². The van der Waals surface area contributed by atoms with Crippen LogP contribution < -0.4 is 10.2 Å². The molecule has 1 aromatic carbocycles. The first-order chi connectivity index (χ1) is 12.2. The molecule has 1 N–H and O–H groups in total. The number of fused-ring (bicyclic) bond motifs is 1. The number of para-hydroxylation sites is 1. The van der Waals surface area contributed by atoms with Crippen LogP contribution in [0.1, 0.15) is 28.2 Å². The molecule has 0 saturated heterocycles. The number of aryl methyl sites for hydroxylation is 2. The van der Waals surface area contributed by atoms with E-state index in [4.69, 9.17) is 4.52 Å². The van der Waals surface area contributed by atoms with Crippen molar-refractivity contribution in [3.8, 4) is 0 Å². The van der Waals surface area contributed by atoms with E-state index in [2.05, 4.69) is 26.5 Å². The van der Waals surface area contributed by atoms with Crippen molar-refractivity contribution >= 4 is 23.2 Å². The van der Waals surface area contributed by atoms with E-state index in [1.54, 1.807) is 24.0 Å². The van der Waals surface area contributed by atoms with Crippen LogP contribution in [0.25, 0.3) is 0 Å². The fourth-order valence-corrected chi connectivity index (χ4v) is 2.98. The fourth-order valence-electron chi connectivity index (χ4n) is 2.98. The van der Waals surface area contributed by atoms with Crippen LogP contribution in [0.4, 0.5) is 17.3 Å². The summed E-state index contributed by atoms with van der Waals surface area (Å²) in [7, 11) is 0. The maximum Gasteiger partial charge on any atom is 0.277 e. The first-order valence-electron chi connectivity index (χ1n) is 8.13. The van der Waals surface area contributed by atoms with Gasteiger partial charge in [0.1, 0.15) is 23.6 Å². The number of nitrogens with zero attached hydrogens (tertiary/aromatic N) is 4. The Labute approximate surface area is 144 Å². The molecule has 7 nitrogen and oxygen atoms in total. The number of hydrogen-bond donors (Lipinski definition) is 1. The minimum absolute atomic E-state index is 0.131. The van der Waals surface area contributed by atoms with E-state index in [1.165, 1.54) is 11.9 Å². The molecule has 0 saturated carbocycles. The first kappa shape index (κ1) is 15.3. The van der Waals surface area contributed by atoms with Crippen molar-refractivity contribution in [2.45, 2.75) is 19.8 Å². The Balaban J connectivity index is 1.60. The highest BCUT2D eigenvalue weighted by atomic mass is 16.5. The second-order valence-electron chi connectivity index (χ2n) is 5.93. The molecule has 126 valence electrons. The molecule has 0 fully saturated rings. The van der Waals surface area contributed by atoms with Crippen molar-refractivity contribution in [1.29, 1.82) is 0 Å². The Morgan fingerprint density at radius 1 is 1.20 bits per heavy atom. The summed E-state index contributed by atoms with van der Waals surface area (Å²) in [6.07, 6.45) is 3.30. The highest BCUT2D eigenvalue weighted by Gasteiger charge is 2.24. The lowest BCUT2D eigenvalue weighted by atomic mass is 10.0. The highest BCUT2D eigenvalue weighted by Crippen LogP contribution is 2.28. The number of carbonyl (C=O) groups excluding carboxylic acids is 1. The molecule has 1 aliphatic heterocycles. The molecule has 0 aliphatic carbocycles. The molecule has 0 unspecified atom stereocenters. The van der Waals surface area contributed by atoms with Crippen LogP contribution in [0.2, 0.25) is 0 Å². The lowest BCUT2D eigenvalue weighted by Gasteiger charge is -2.29. The topological polar surface area (TPSA) is 84.2 Å². The van der Waals surface area contributed by atoms with Crippen molar-refractivity contribution in [1.82, 2.24) is 15.1 Å². The van der Waals surface area contributed by atoms with E-state index in [9.17, 15) is 4.79 Å². The number of nitrogens with one attached hydrogen (secondary N) is 1. The van der Waals surface area contributed by atoms with Crippen LogP contribution in [0.5, 0.6) is 0 Å². The summed E-state index contributed by atoms with van der Waals surface area (Å²) in [5, 5.41) is 6.88. The number of amides is 1. The van der Waals surface area contributed by atoms with Gasteiger partial charge in [0.25, 0.3) is 5.91 Å². The molecule has 7 heteroatoms. The van der Waals surface area contributed by atoms with Gasteiger partial charge >= 0.3 is 0 Å². The summed E-state index contributed by atoms with van der Waals surface area (Å²) < 4.78 is 5.02. The average molecular weight is 335 g/mol. The SMILES string of the molecule is Cc1cc(Nc2cc(C(=O)N3CCCc4ccccc43)ncn2)no1. The molecule has 1 aliphatic rings. The van der Waals surface area contributed by atoms with Gasteiger partial charge in [0.2, 0.25) is 0 Å². The van der Waals surface area contributed by atoms with Gasteiger partial charge in [-0.25, -0.2) is 9.97 Å². The zero-order valence-corrected chi connectivity index (χ0v) is 13.8. The van der Waals surface area contributed by atoms with Gasteiger partial charge in [-0.2, -0.15) is 0 Å². The minimum Gasteiger partial charge on any atom is -0.360 e.